The zero-order chi connectivity index (χ0) is 12.3. The lowest BCUT2D eigenvalue weighted by Gasteiger charge is -2.07. The van der Waals surface area contributed by atoms with E-state index in [2.05, 4.69) is 4.72 Å². The maximum atomic E-state index is 11.6. The van der Waals surface area contributed by atoms with E-state index in [4.69, 9.17) is 16.7 Å². The molecule has 1 aromatic rings. The molecule has 0 spiro atoms. The topological polar surface area (TPSA) is 83.5 Å². The molecule has 1 heterocycles. The maximum Gasteiger partial charge on any atom is 0.307 e. The number of carbonyl (C=O) groups is 1. The van der Waals surface area contributed by atoms with Crippen LogP contribution < -0.4 is 4.72 Å². The van der Waals surface area contributed by atoms with Crippen molar-refractivity contribution in [2.75, 3.05) is 6.54 Å². The second kappa shape index (κ2) is 5.13. The lowest BCUT2D eigenvalue weighted by molar-refractivity contribution is -0.140. The number of carboxylic acid groups (broad SMARTS) is 1. The summed E-state index contributed by atoms with van der Waals surface area (Å²) in [6.45, 7) is 1.28. The Balaban J connectivity index is 2.70. The van der Waals surface area contributed by atoms with E-state index in [1.54, 1.807) is 0 Å². The number of nitrogens with one attached hydrogen (secondary N) is 1. The molecule has 0 bridgehead atoms. The van der Waals surface area contributed by atoms with E-state index in [0.717, 1.165) is 11.3 Å². The first-order valence-electron chi connectivity index (χ1n) is 4.31. The highest BCUT2D eigenvalue weighted by atomic mass is 35.5. The van der Waals surface area contributed by atoms with Gasteiger partial charge >= 0.3 is 5.97 Å². The van der Waals surface area contributed by atoms with Crippen LogP contribution in [0.3, 0.4) is 0 Å². The predicted octanol–water partition coefficient (Wildman–Crippen LogP) is 1.40. The largest absolute Gasteiger partial charge is 0.481 e. The van der Waals surface area contributed by atoms with E-state index in [1.165, 1.54) is 19.1 Å². The van der Waals surface area contributed by atoms with Crippen LogP contribution in [0.2, 0.25) is 4.34 Å². The summed E-state index contributed by atoms with van der Waals surface area (Å²) in [5.74, 6) is -1.82. The number of hydrogen-bond acceptors (Lipinski definition) is 4. The number of thiophene rings is 1. The number of halogens is 1. The molecule has 0 radical (unpaired) electrons. The summed E-state index contributed by atoms with van der Waals surface area (Å²) < 4.78 is 25.9. The number of sulfonamides is 1. The molecule has 90 valence electrons. The van der Waals surface area contributed by atoms with Crippen LogP contribution in [-0.4, -0.2) is 26.0 Å². The Kier molecular flexibility index (Phi) is 4.31. The summed E-state index contributed by atoms with van der Waals surface area (Å²) in [5.41, 5.74) is 0. The molecule has 0 aliphatic carbocycles. The third-order valence-corrected chi connectivity index (χ3v) is 4.96. The minimum Gasteiger partial charge on any atom is -0.481 e. The second-order valence-electron chi connectivity index (χ2n) is 3.15. The van der Waals surface area contributed by atoms with Gasteiger partial charge in [0.05, 0.1) is 10.3 Å². The summed E-state index contributed by atoms with van der Waals surface area (Å²) in [6.07, 6.45) is 0. The second-order valence-corrected chi connectivity index (χ2v) is 6.86. The van der Waals surface area contributed by atoms with Gasteiger partial charge in [-0.1, -0.05) is 18.5 Å². The molecule has 1 aromatic heterocycles. The zero-order valence-electron chi connectivity index (χ0n) is 8.31. The van der Waals surface area contributed by atoms with Crippen LogP contribution in [0.15, 0.2) is 16.3 Å². The van der Waals surface area contributed by atoms with Crippen molar-refractivity contribution in [1.82, 2.24) is 4.72 Å². The molecule has 2 N–H and O–H groups in total. The summed E-state index contributed by atoms with van der Waals surface area (Å²) in [6, 6.07) is 2.85. The molecule has 1 rings (SSSR count). The number of hydrogen-bond donors (Lipinski definition) is 2. The lowest BCUT2D eigenvalue weighted by atomic mass is 10.2. The molecule has 0 saturated heterocycles. The van der Waals surface area contributed by atoms with Gasteiger partial charge in [-0.25, -0.2) is 13.1 Å². The Morgan fingerprint density at radius 3 is 2.69 bits per heavy atom. The van der Waals surface area contributed by atoms with E-state index < -0.39 is 21.9 Å². The molecular formula is C8H10ClNO4S2. The minimum absolute atomic E-state index is 0.0788. The fourth-order valence-corrected chi connectivity index (χ4v) is 3.49. The van der Waals surface area contributed by atoms with Crippen LogP contribution in [0, 0.1) is 5.92 Å². The van der Waals surface area contributed by atoms with Crippen LogP contribution in [0.5, 0.6) is 0 Å². The van der Waals surface area contributed by atoms with Crippen molar-refractivity contribution in [2.24, 2.45) is 5.92 Å². The molecule has 0 aromatic carbocycles. The summed E-state index contributed by atoms with van der Waals surface area (Å²) in [7, 11) is -3.65. The van der Waals surface area contributed by atoms with Gasteiger partial charge in [0.1, 0.15) is 4.21 Å². The van der Waals surface area contributed by atoms with E-state index in [-0.39, 0.29) is 10.8 Å². The molecule has 1 unspecified atom stereocenters. The summed E-state index contributed by atoms with van der Waals surface area (Å²) in [4.78, 5) is 10.5. The van der Waals surface area contributed by atoms with Crippen molar-refractivity contribution in [3.8, 4) is 0 Å². The average Bonchev–Trinajstić information content (AvgIpc) is 2.61. The van der Waals surface area contributed by atoms with Crippen molar-refractivity contribution in [1.29, 1.82) is 0 Å². The fraction of sp³-hybridized carbons (Fsp3) is 0.375. The van der Waals surface area contributed by atoms with Crippen LogP contribution in [0.25, 0.3) is 0 Å². The molecule has 0 saturated carbocycles. The SMILES string of the molecule is CC(CNS(=O)(=O)c1ccc(Cl)s1)C(=O)O. The molecule has 0 fully saturated rings. The number of carboxylic acids is 1. The first kappa shape index (κ1) is 13.4. The van der Waals surface area contributed by atoms with Gasteiger partial charge in [0.15, 0.2) is 0 Å². The van der Waals surface area contributed by atoms with Gasteiger partial charge in [-0.15, -0.1) is 11.3 Å². The fourth-order valence-electron chi connectivity index (χ4n) is 0.835. The third-order valence-electron chi connectivity index (χ3n) is 1.81. The molecule has 0 aliphatic rings. The highest BCUT2D eigenvalue weighted by Crippen LogP contribution is 2.25. The number of aliphatic carboxylic acids is 1. The van der Waals surface area contributed by atoms with E-state index in [9.17, 15) is 13.2 Å². The predicted molar refractivity (Wildman–Crippen MR) is 61.3 cm³/mol. The van der Waals surface area contributed by atoms with Gasteiger partial charge < -0.3 is 5.11 Å². The van der Waals surface area contributed by atoms with Crippen LogP contribution in [-0.2, 0) is 14.8 Å². The standard InChI is InChI=1S/C8H10ClNO4S2/c1-5(8(11)12)4-10-16(13,14)7-3-2-6(9)15-7/h2-3,5,10H,4H2,1H3,(H,11,12). The molecule has 16 heavy (non-hydrogen) atoms. The smallest absolute Gasteiger partial charge is 0.307 e. The van der Waals surface area contributed by atoms with Crippen molar-refractivity contribution >= 4 is 38.9 Å². The monoisotopic (exact) mass is 283 g/mol. The summed E-state index contributed by atoms with van der Waals surface area (Å²) in [5, 5.41) is 8.60. The summed E-state index contributed by atoms with van der Waals surface area (Å²) >= 11 is 6.53. The van der Waals surface area contributed by atoms with Crippen LogP contribution in [0.1, 0.15) is 6.92 Å². The Bertz CT molecular complexity index is 482. The van der Waals surface area contributed by atoms with E-state index >= 15 is 0 Å². The average molecular weight is 284 g/mol. The Morgan fingerprint density at radius 2 is 2.25 bits per heavy atom. The van der Waals surface area contributed by atoms with Gasteiger partial charge in [0.25, 0.3) is 0 Å². The van der Waals surface area contributed by atoms with Crippen LogP contribution >= 0.6 is 22.9 Å². The number of rotatable bonds is 5. The zero-order valence-corrected chi connectivity index (χ0v) is 10.7. The third kappa shape index (κ3) is 3.44. The lowest BCUT2D eigenvalue weighted by Crippen LogP contribution is -2.31. The van der Waals surface area contributed by atoms with Crippen molar-refractivity contribution < 1.29 is 18.3 Å². The minimum atomic E-state index is -3.65. The van der Waals surface area contributed by atoms with Gasteiger partial charge in [-0.2, -0.15) is 0 Å². The van der Waals surface area contributed by atoms with Crippen molar-refractivity contribution in [3.63, 3.8) is 0 Å². The van der Waals surface area contributed by atoms with Gasteiger partial charge in [0.2, 0.25) is 10.0 Å². The van der Waals surface area contributed by atoms with E-state index in [1.807, 2.05) is 0 Å². The first-order valence-corrected chi connectivity index (χ1v) is 6.98. The van der Waals surface area contributed by atoms with Gasteiger partial charge in [-0.05, 0) is 12.1 Å². The molecular weight excluding hydrogens is 274 g/mol. The Morgan fingerprint density at radius 1 is 1.62 bits per heavy atom. The maximum absolute atomic E-state index is 11.6. The van der Waals surface area contributed by atoms with Crippen molar-refractivity contribution in [3.05, 3.63) is 16.5 Å². The first-order chi connectivity index (χ1) is 7.33. The Hall–Kier alpha value is -0.630. The Labute approximate surface area is 102 Å². The molecule has 0 amide bonds. The highest BCUT2D eigenvalue weighted by molar-refractivity contribution is 7.91. The molecule has 1 atom stereocenters. The normalized spacial score (nSPS) is 13.6. The van der Waals surface area contributed by atoms with Crippen molar-refractivity contribution in [2.45, 2.75) is 11.1 Å². The highest BCUT2D eigenvalue weighted by Gasteiger charge is 2.19. The molecule has 8 heteroatoms. The quantitative estimate of drug-likeness (QED) is 0.856. The van der Waals surface area contributed by atoms with Gasteiger partial charge in [-0.3, -0.25) is 4.79 Å². The molecule has 0 aliphatic heterocycles. The van der Waals surface area contributed by atoms with Gasteiger partial charge in [0, 0.05) is 6.54 Å². The van der Waals surface area contributed by atoms with E-state index in [0.29, 0.717) is 4.34 Å². The van der Waals surface area contributed by atoms with Crippen LogP contribution in [0.4, 0.5) is 0 Å². The molecule has 5 nitrogen and oxygen atoms in total.